The summed E-state index contributed by atoms with van der Waals surface area (Å²) in [6.07, 6.45) is 3.13. The molecule has 5 nitrogen and oxygen atoms in total. The molecule has 5 heteroatoms. The van der Waals surface area contributed by atoms with Crippen LogP contribution in [0.4, 0.5) is 0 Å². The maximum absolute atomic E-state index is 12.4. The number of fused-ring (bicyclic) bond motifs is 1. The summed E-state index contributed by atoms with van der Waals surface area (Å²) in [4.78, 5) is 12.4. The molecular weight excluding hydrogens is 332 g/mol. The lowest BCUT2D eigenvalue weighted by Crippen LogP contribution is -1.97. The van der Waals surface area contributed by atoms with Crippen LogP contribution in [-0.2, 0) is 6.61 Å². The Kier molecular flexibility index (Phi) is 4.19. The first-order chi connectivity index (χ1) is 12.7. The zero-order valence-electron chi connectivity index (χ0n) is 14.1. The summed E-state index contributed by atoms with van der Waals surface area (Å²) in [6.45, 7) is 0.388. The van der Waals surface area contributed by atoms with Gasteiger partial charge in [0.15, 0.2) is 5.76 Å². The maximum atomic E-state index is 12.4. The van der Waals surface area contributed by atoms with Gasteiger partial charge in [0.25, 0.3) is 0 Å². The van der Waals surface area contributed by atoms with Crippen LogP contribution in [-0.4, -0.2) is 12.9 Å². The topological polar surface area (TPSA) is 57.9 Å². The number of ether oxygens (including phenoxy) is 3. The van der Waals surface area contributed by atoms with Crippen LogP contribution in [0.2, 0.25) is 0 Å². The summed E-state index contributed by atoms with van der Waals surface area (Å²) < 4.78 is 21.9. The minimum Gasteiger partial charge on any atom is -0.497 e. The van der Waals surface area contributed by atoms with E-state index in [9.17, 15) is 4.79 Å². The van der Waals surface area contributed by atoms with Crippen LogP contribution in [0.15, 0.2) is 71.0 Å². The van der Waals surface area contributed by atoms with Crippen molar-refractivity contribution in [2.24, 2.45) is 0 Å². The van der Waals surface area contributed by atoms with Gasteiger partial charge in [0, 0.05) is 12.1 Å². The fourth-order valence-corrected chi connectivity index (χ4v) is 2.69. The Bertz CT molecular complexity index is 970. The molecule has 0 spiro atoms. The van der Waals surface area contributed by atoms with Gasteiger partial charge in [-0.3, -0.25) is 4.79 Å². The smallest absolute Gasteiger partial charge is 0.232 e. The summed E-state index contributed by atoms with van der Waals surface area (Å²) in [7, 11) is 1.63. The van der Waals surface area contributed by atoms with E-state index in [0.29, 0.717) is 29.4 Å². The summed E-state index contributed by atoms with van der Waals surface area (Å²) >= 11 is 0. The van der Waals surface area contributed by atoms with E-state index in [1.807, 2.05) is 24.3 Å². The van der Waals surface area contributed by atoms with Crippen molar-refractivity contribution in [3.05, 3.63) is 83.5 Å². The quantitative estimate of drug-likeness (QED) is 0.636. The van der Waals surface area contributed by atoms with Gasteiger partial charge in [-0.2, -0.15) is 0 Å². The Morgan fingerprint density at radius 1 is 1.04 bits per heavy atom. The number of Topliss-reactive ketones (excluding diaryl/α,β-unsaturated/α-hetero) is 1. The first-order valence-electron chi connectivity index (χ1n) is 8.10. The van der Waals surface area contributed by atoms with E-state index in [0.717, 1.165) is 11.3 Å². The van der Waals surface area contributed by atoms with Crippen molar-refractivity contribution in [3.63, 3.8) is 0 Å². The summed E-state index contributed by atoms with van der Waals surface area (Å²) in [5.41, 5.74) is 1.50. The normalized spacial score (nSPS) is 14.2. The van der Waals surface area contributed by atoms with Gasteiger partial charge in [-0.1, -0.05) is 12.1 Å². The van der Waals surface area contributed by atoms with Gasteiger partial charge in [-0.05, 0) is 42.0 Å². The average molecular weight is 348 g/mol. The van der Waals surface area contributed by atoms with Crippen LogP contribution in [0.25, 0.3) is 6.08 Å². The number of allylic oxidation sites excluding steroid dienone is 1. The number of hydrogen-bond donors (Lipinski definition) is 0. The minimum absolute atomic E-state index is 0.171. The molecule has 4 rings (SSSR count). The number of benzene rings is 2. The highest BCUT2D eigenvalue weighted by Crippen LogP contribution is 2.35. The molecule has 0 N–H and O–H groups in total. The van der Waals surface area contributed by atoms with E-state index in [2.05, 4.69) is 0 Å². The van der Waals surface area contributed by atoms with Gasteiger partial charge in [0.05, 0.1) is 18.9 Å². The van der Waals surface area contributed by atoms with E-state index in [4.69, 9.17) is 18.6 Å². The van der Waals surface area contributed by atoms with E-state index in [-0.39, 0.29) is 11.5 Å². The Labute approximate surface area is 150 Å². The highest BCUT2D eigenvalue weighted by Gasteiger charge is 2.28. The summed E-state index contributed by atoms with van der Waals surface area (Å²) in [5, 5.41) is 0. The number of carbonyl (C=O) groups excluding carboxylic acids is 1. The van der Waals surface area contributed by atoms with Crippen LogP contribution in [0, 0.1) is 0 Å². The lowest BCUT2D eigenvalue weighted by atomic mass is 10.1. The van der Waals surface area contributed by atoms with Crippen molar-refractivity contribution in [3.8, 4) is 17.2 Å². The molecule has 2 heterocycles. The molecule has 0 aliphatic carbocycles. The summed E-state index contributed by atoms with van der Waals surface area (Å²) in [5.74, 6) is 2.52. The Balaban J connectivity index is 1.49. The van der Waals surface area contributed by atoms with Crippen molar-refractivity contribution in [2.75, 3.05) is 7.11 Å². The molecule has 1 aromatic heterocycles. The lowest BCUT2D eigenvalue weighted by molar-refractivity contribution is 0.101. The van der Waals surface area contributed by atoms with Crippen molar-refractivity contribution in [1.29, 1.82) is 0 Å². The van der Waals surface area contributed by atoms with Gasteiger partial charge < -0.3 is 18.6 Å². The van der Waals surface area contributed by atoms with E-state index >= 15 is 0 Å². The van der Waals surface area contributed by atoms with E-state index < -0.39 is 0 Å². The van der Waals surface area contributed by atoms with Gasteiger partial charge >= 0.3 is 0 Å². The Morgan fingerprint density at radius 2 is 1.96 bits per heavy atom. The number of furan rings is 1. The molecule has 0 unspecified atom stereocenters. The lowest BCUT2D eigenvalue weighted by Gasteiger charge is -2.08. The Hall–Kier alpha value is -3.47. The molecular formula is C21H16O5. The van der Waals surface area contributed by atoms with Gasteiger partial charge in [-0.25, -0.2) is 0 Å². The monoisotopic (exact) mass is 348 g/mol. The Morgan fingerprint density at radius 3 is 2.77 bits per heavy atom. The molecule has 0 saturated carbocycles. The number of carbonyl (C=O) groups is 1. The minimum atomic E-state index is -0.171. The molecule has 3 aromatic rings. The molecule has 0 bridgehead atoms. The van der Waals surface area contributed by atoms with Crippen molar-refractivity contribution in [2.45, 2.75) is 6.61 Å². The van der Waals surface area contributed by atoms with Crippen molar-refractivity contribution < 1.29 is 23.4 Å². The zero-order chi connectivity index (χ0) is 17.9. The van der Waals surface area contributed by atoms with Crippen molar-refractivity contribution in [1.82, 2.24) is 0 Å². The van der Waals surface area contributed by atoms with Crippen LogP contribution in [0.5, 0.6) is 17.2 Å². The van der Waals surface area contributed by atoms with E-state index in [1.54, 1.807) is 49.8 Å². The molecule has 0 radical (unpaired) electrons. The summed E-state index contributed by atoms with van der Waals surface area (Å²) in [6, 6.07) is 16.4. The third kappa shape index (κ3) is 3.19. The highest BCUT2D eigenvalue weighted by atomic mass is 16.5. The predicted molar refractivity (Wildman–Crippen MR) is 95.4 cm³/mol. The van der Waals surface area contributed by atoms with Crippen LogP contribution in [0.3, 0.4) is 0 Å². The number of ketones is 1. The second kappa shape index (κ2) is 6.80. The first kappa shape index (κ1) is 16.0. The second-order valence-electron chi connectivity index (χ2n) is 5.75. The van der Waals surface area contributed by atoms with Crippen LogP contribution < -0.4 is 14.2 Å². The number of methoxy groups -OCH3 is 1. The molecule has 0 saturated heterocycles. The van der Waals surface area contributed by atoms with E-state index in [1.165, 1.54) is 0 Å². The fraction of sp³-hybridized carbons (Fsp3) is 0.0952. The number of hydrogen-bond acceptors (Lipinski definition) is 5. The molecule has 26 heavy (non-hydrogen) atoms. The second-order valence-corrected chi connectivity index (χ2v) is 5.75. The fourth-order valence-electron chi connectivity index (χ4n) is 2.69. The molecule has 2 aromatic carbocycles. The molecule has 0 amide bonds. The van der Waals surface area contributed by atoms with Crippen LogP contribution >= 0.6 is 0 Å². The molecule has 1 aliphatic rings. The van der Waals surface area contributed by atoms with Crippen LogP contribution in [0.1, 0.15) is 21.7 Å². The molecule has 0 fully saturated rings. The molecule has 130 valence electrons. The zero-order valence-corrected chi connectivity index (χ0v) is 14.1. The first-order valence-corrected chi connectivity index (χ1v) is 8.10. The number of rotatable bonds is 5. The standard InChI is InChI=1S/C21H16O5/c1-23-15-5-2-4-14(10-15)13-25-17-7-8-18-19(11-17)26-20(21(18)22)12-16-6-3-9-24-16/h2-12H,13H2,1H3. The highest BCUT2D eigenvalue weighted by molar-refractivity contribution is 6.14. The third-order valence-electron chi connectivity index (χ3n) is 4.00. The molecule has 0 atom stereocenters. The average Bonchev–Trinajstić information content (AvgIpc) is 3.29. The molecule has 1 aliphatic heterocycles. The van der Waals surface area contributed by atoms with Gasteiger partial charge in [0.1, 0.15) is 29.6 Å². The van der Waals surface area contributed by atoms with Crippen molar-refractivity contribution >= 4 is 11.9 Å². The van der Waals surface area contributed by atoms with Gasteiger partial charge in [0.2, 0.25) is 5.78 Å². The van der Waals surface area contributed by atoms with Gasteiger partial charge in [-0.15, -0.1) is 0 Å². The third-order valence-corrected chi connectivity index (χ3v) is 4.00. The SMILES string of the molecule is COc1cccc(COc2ccc3c(c2)OC(=Cc2ccco2)C3=O)c1. The largest absolute Gasteiger partial charge is 0.497 e. The predicted octanol–water partition coefficient (Wildman–Crippen LogP) is 4.48. The maximum Gasteiger partial charge on any atom is 0.232 e.